The number of fused-ring (bicyclic) bond motifs is 1. The highest BCUT2D eigenvalue weighted by Gasteiger charge is 2.24. The van der Waals surface area contributed by atoms with E-state index >= 15 is 0 Å². The van der Waals surface area contributed by atoms with Gasteiger partial charge in [0.15, 0.2) is 10.7 Å². The number of amides is 1. The molecule has 1 saturated heterocycles. The van der Waals surface area contributed by atoms with Crippen molar-refractivity contribution in [3.63, 3.8) is 0 Å². The Morgan fingerprint density at radius 1 is 1.11 bits per heavy atom. The number of thiocarbonyl (C=S) groups is 1. The largest absolute Gasteiger partial charge is 0.436 e. The molecule has 0 atom stereocenters. The number of nitrogens with zero attached hydrogens (tertiary/aromatic N) is 3. The summed E-state index contributed by atoms with van der Waals surface area (Å²) in [6, 6.07) is 17.7. The molecule has 1 amide bonds. The molecule has 0 saturated carbocycles. The Labute approximate surface area is 212 Å². The van der Waals surface area contributed by atoms with Gasteiger partial charge in [-0.1, -0.05) is 17.7 Å². The summed E-state index contributed by atoms with van der Waals surface area (Å²) >= 11 is 5.30. The van der Waals surface area contributed by atoms with Crippen molar-refractivity contribution in [3.05, 3.63) is 81.9 Å². The molecule has 1 fully saturated rings. The van der Waals surface area contributed by atoms with Crippen LogP contribution in [0.3, 0.4) is 0 Å². The van der Waals surface area contributed by atoms with E-state index in [0.717, 1.165) is 37.1 Å². The Hall–Kier alpha value is -4.31. The fourth-order valence-corrected chi connectivity index (χ4v) is 4.49. The quantitative estimate of drug-likeness (QED) is 0.211. The number of hydrogen-bond donors (Lipinski definition) is 2. The summed E-state index contributed by atoms with van der Waals surface area (Å²) in [4.78, 5) is 30.5. The minimum Gasteiger partial charge on any atom is -0.436 e. The minimum atomic E-state index is -0.534. The Morgan fingerprint density at radius 2 is 1.92 bits per heavy atom. The van der Waals surface area contributed by atoms with Crippen LogP contribution in [0.1, 0.15) is 28.8 Å². The molecule has 0 bridgehead atoms. The van der Waals surface area contributed by atoms with Gasteiger partial charge in [0.05, 0.1) is 4.92 Å². The third-order valence-corrected chi connectivity index (χ3v) is 6.22. The van der Waals surface area contributed by atoms with Crippen LogP contribution < -0.4 is 15.5 Å². The fraction of sp³-hybridized carbons (Fsp3) is 0.192. The van der Waals surface area contributed by atoms with Gasteiger partial charge in [-0.3, -0.25) is 20.2 Å². The lowest BCUT2D eigenvalue weighted by atomic mass is 10.1. The molecule has 10 heteroatoms. The molecule has 182 valence electrons. The topological polar surface area (TPSA) is 114 Å². The molecule has 1 aromatic heterocycles. The van der Waals surface area contributed by atoms with Crippen molar-refractivity contribution in [2.75, 3.05) is 23.3 Å². The number of aromatic nitrogens is 1. The first-order valence-corrected chi connectivity index (χ1v) is 11.9. The summed E-state index contributed by atoms with van der Waals surface area (Å²) in [6.45, 7) is 3.54. The normalized spacial score (nSPS) is 13.1. The first-order valence-electron chi connectivity index (χ1n) is 11.5. The van der Waals surface area contributed by atoms with Crippen LogP contribution in [-0.4, -0.2) is 34.0 Å². The molecule has 1 aliphatic rings. The average Bonchev–Trinajstić information content (AvgIpc) is 3.53. The van der Waals surface area contributed by atoms with Gasteiger partial charge in [0, 0.05) is 36.0 Å². The molecule has 2 heterocycles. The summed E-state index contributed by atoms with van der Waals surface area (Å²) in [6.07, 6.45) is 1.99. The highest BCUT2D eigenvalue weighted by Crippen LogP contribution is 2.32. The zero-order valence-corrected chi connectivity index (χ0v) is 20.3. The SMILES string of the molecule is Cc1cccc(-c2nc3cc(NC(=S)NC(=O)c4ccc(N5CCCC5)c([N+](=O)[O-])c4)ccc3o2)c1. The van der Waals surface area contributed by atoms with E-state index in [1.807, 2.05) is 36.1 Å². The van der Waals surface area contributed by atoms with Crippen LogP contribution in [0, 0.1) is 17.0 Å². The molecule has 0 aliphatic carbocycles. The summed E-state index contributed by atoms with van der Waals surface area (Å²) in [7, 11) is 0. The monoisotopic (exact) mass is 501 g/mol. The van der Waals surface area contributed by atoms with Gasteiger partial charge < -0.3 is 14.6 Å². The molecule has 0 unspecified atom stereocenters. The van der Waals surface area contributed by atoms with E-state index in [0.29, 0.717) is 28.4 Å². The molecule has 0 spiro atoms. The number of rotatable bonds is 5. The van der Waals surface area contributed by atoms with Crippen LogP contribution in [0.2, 0.25) is 0 Å². The van der Waals surface area contributed by atoms with Crippen molar-refractivity contribution in [1.82, 2.24) is 10.3 Å². The number of nitro benzene ring substituents is 1. The molecule has 36 heavy (non-hydrogen) atoms. The van der Waals surface area contributed by atoms with Gasteiger partial charge in [-0.25, -0.2) is 4.98 Å². The number of benzene rings is 3. The first kappa shape index (κ1) is 23.4. The smallest absolute Gasteiger partial charge is 0.293 e. The van der Waals surface area contributed by atoms with E-state index in [-0.39, 0.29) is 16.4 Å². The lowest BCUT2D eigenvalue weighted by Gasteiger charge is -2.18. The number of nitro groups is 1. The predicted octanol–water partition coefficient (Wildman–Crippen LogP) is 5.44. The van der Waals surface area contributed by atoms with E-state index in [1.54, 1.807) is 30.3 Å². The summed E-state index contributed by atoms with van der Waals surface area (Å²) in [5.41, 5.74) is 4.46. The fourth-order valence-electron chi connectivity index (χ4n) is 4.28. The standard InChI is InChI=1S/C26H23N5O4S/c1-16-5-4-6-18(13-16)25-28-20-15-19(8-10-23(20)35-25)27-26(36)29-24(32)17-7-9-21(22(14-17)31(33)34)30-11-2-3-12-30/h4-10,13-15H,2-3,11-12H2,1H3,(H2,27,29,32,36). The van der Waals surface area contributed by atoms with Crippen molar-refractivity contribution >= 4 is 51.4 Å². The third kappa shape index (κ3) is 4.89. The number of hydrogen-bond acceptors (Lipinski definition) is 7. The van der Waals surface area contributed by atoms with Gasteiger partial charge >= 0.3 is 0 Å². The molecular weight excluding hydrogens is 478 g/mol. The summed E-state index contributed by atoms with van der Waals surface area (Å²) in [5.74, 6) is -0.0199. The van der Waals surface area contributed by atoms with Gasteiger partial charge in [0.25, 0.3) is 11.6 Å². The van der Waals surface area contributed by atoms with E-state index in [4.69, 9.17) is 16.6 Å². The zero-order chi connectivity index (χ0) is 25.2. The number of carbonyl (C=O) groups excluding carboxylic acids is 1. The zero-order valence-electron chi connectivity index (χ0n) is 19.5. The number of anilines is 2. The van der Waals surface area contributed by atoms with Crippen LogP contribution in [0.25, 0.3) is 22.6 Å². The average molecular weight is 502 g/mol. The summed E-state index contributed by atoms with van der Waals surface area (Å²) in [5, 5.41) is 17.2. The number of oxazole rings is 1. The van der Waals surface area contributed by atoms with E-state index in [2.05, 4.69) is 15.6 Å². The molecule has 1 aliphatic heterocycles. The second-order valence-electron chi connectivity index (χ2n) is 8.63. The van der Waals surface area contributed by atoms with Crippen LogP contribution in [-0.2, 0) is 0 Å². The van der Waals surface area contributed by atoms with Crippen molar-refractivity contribution in [2.45, 2.75) is 19.8 Å². The molecule has 5 rings (SSSR count). The van der Waals surface area contributed by atoms with Crippen molar-refractivity contribution in [1.29, 1.82) is 0 Å². The van der Waals surface area contributed by atoms with Crippen LogP contribution in [0.4, 0.5) is 17.1 Å². The lowest BCUT2D eigenvalue weighted by molar-refractivity contribution is -0.384. The highest BCUT2D eigenvalue weighted by molar-refractivity contribution is 7.80. The summed E-state index contributed by atoms with van der Waals surface area (Å²) < 4.78 is 5.87. The van der Waals surface area contributed by atoms with Crippen LogP contribution in [0.5, 0.6) is 0 Å². The maximum atomic E-state index is 12.8. The molecule has 3 aromatic carbocycles. The van der Waals surface area contributed by atoms with Gasteiger partial charge in [-0.05, 0) is 74.4 Å². The molecule has 4 aromatic rings. The lowest BCUT2D eigenvalue weighted by Crippen LogP contribution is -2.34. The third-order valence-electron chi connectivity index (χ3n) is 6.02. The Morgan fingerprint density at radius 3 is 2.67 bits per heavy atom. The second-order valence-corrected chi connectivity index (χ2v) is 9.04. The van der Waals surface area contributed by atoms with Crippen molar-refractivity contribution < 1.29 is 14.1 Å². The molecule has 0 radical (unpaired) electrons. The Bertz CT molecular complexity index is 1490. The van der Waals surface area contributed by atoms with Crippen molar-refractivity contribution in [2.24, 2.45) is 0 Å². The molecule has 2 N–H and O–H groups in total. The molecule has 9 nitrogen and oxygen atoms in total. The maximum Gasteiger partial charge on any atom is 0.293 e. The van der Waals surface area contributed by atoms with Gasteiger partial charge in [-0.15, -0.1) is 0 Å². The number of nitrogens with one attached hydrogen (secondary N) is 2. The number of aryl methyl sites for hydroxylation is 1. The van der Waals surface area contributed by atoms with Gasteiger partial charge in [0.2, 0.25) is 5.89 Å². The van der Waals surface area contributed by atoms with Crippen LogP contribution in [0.15, 0.2) is 65.1 Å². The Balaban J connectivity index is 1.29. The maximum absolute atomic E-state index is 12.8. The van der Waals surface area contributed by atoms with E-state index in [1.165, 1.54) is 6.07 Å². The van der Waals surface area contributed by atoms with Crippen LogP contribution >= 0.6 is 12.2 Å². The Kier molecular flexibility index (Phi) is 6.34. The van der Waals surface area contributed by atoms with Gasteiger partial charge in [-0.2, -0.15) is 0 Å². The first-order chi connectivity index (χ1) is 17.4. The van der Waals surface area contributed by atoms with Crippen molar-refractivity contribution in [3.8, 4) is 11.5 Å². The molecular formula is C26H23N5O4S. The number of carbonyl (C=O) groups is 1. The van der Waals surface area contributed by atoms with E-state index < -0.39 is 10.8 Å². The highest BCUT2D eigenvalue weighted by atomic mass is 32.1. The predicted molar refractivity (Wildman–Crippen MR) is 142 cm³/mol. The van der Waals surface area contributed by atoms with Gasteiger partial charge in [0.1, 0.15) is 11.2 Å². The second kappa shape index (κ2) is 9.74. The van der Waals surface area contributed by atoms with E-state index in [9.17, 15) is 14.9 Å². The minimum absolute atomic E-state index is 0.0630.